The molecule has 3 aromatic rings. The summed E-state index contributed by atoms with van der Waals surface area (Å²) in [7, 11) is 3.39. The minimum atomic E-state index is -0.0925. The number of methoxy groups -OCH3 is 1. The van der Waals surface area contributed by atoms with E-state index in [1.54, 1.807) is 47.3 Å². The van der Waals surface area contributed by atoms with Gasteiger partial charge in [-0.25, -0.2) is 4.68 Å². The molecule has 0 aliphatic heterocycles. The van der Waals surface area contributed by atoms with Gasteiger partial charge in [0.2, 0.25) is 0 Å². The van der Waals surface area contributed by atoms with Gasteiger partial charge in [-0.15, -0.1) is 11.3 Å². The average molecular weight is 315 g/mol. The van der Waals surface area contributed by atoms with Gasteiger partial charge in [0.15, 0.2) is 0 Å². The number of rotatable bonds is 5. The third-order valence-corrected chi connectivity index (χ3v) is 4.45. The van der Waals surface area contributed by atoms with E-state index in [-0.39, 0.29) is 5.91 Å². The van der Waals surface area contributed by atoms with Crippen LogP contribution in [0.5, 0.6) is 0 Å². The number of fused-ring (bicyclic) bond motifs is 1. The first kappa shape index (κ1) is 14.7. The second-order valence-electron chi connectivity index (χ2n) is 5.08. The molecular weight excluding hydrogens is 298 g/mol. The lowest BCUT2D eigenvalue weighted by molar-refractivity contribution is 0.0774. The number of aromatic nitrogens is 2. The van der Waals surface area contributed by atoms with Crippen LogP contribution in [-0.4, -0.2) is 34.7 Å². The number of nitrogens with zero attached hydrogens (tertiary/aromatic N) is 3. The minimum Gasteiger partial charge on any atom is -0.362 e. The monoisotopic (exact) mass is 315 g/mol. The van der Waals surface area contributed by atoms with Gasteiger partial charge in [0.25, 0.3) is 5.91 Å². The Morgan fingerprint density at radius 3 is 3.00 bits per heavy atom. The quantitative estimate of drug-likeness (QED) is 0.727. The van der Waals surface area contributed by atoms with Crippen molar-refractivity contribution in [2.45, 2.75) is 13.3 Å². The minimum absolute atomic E-state index is 0.0925. The fourth-order valence-electron chi connectivity index (χ4n) is 2.36. The van der Waals surface area contributed by atoms with Crippen molar-refractivity contribution in [3.05, 3.63) is 53.2 Å². The largest absolute Gasteiger partial charge is 0.362 e. The first-order chi connectivity index (χ1) is 10.7. The summed E-state index contributed by atoms with van der Waals surface area (Å²) in [5.41, 5.74) is 1.59. The summed E-state index contributed by atoms with van der Waals surface area (Å²) in [4.78, 5) is 14.1. The zero-order valence-corrected chi connectivity index (χ0v) is 13.3. The highest BCUT2D eigenvalue weighted by molar-refractivity contribution is 7.17. The van der Waals surface area contributed by atoms with Crippen LogP contribution < -0.4 is 0 Å². The molecule has 0 saturated heterocycles. The molecule has 1 aromatic carbocycles. The summed E-state index contributed by atoms with van der Waals surface area (Å²) < 4.78 is 7.83. The van der Waals surface area contributed by atoms with Crippen molar-refractivity contribution in [2.24, 2.45) is 0 Å². The lowest BCUT2D eigenvalue weighted by Crippen LogP contribution is -2.26. The zero-order valence-electron chi connectivity index (χ0n) is 12.5. The van der Waals surface area contributed by atoms with Crippen LogP contribution in [0.2, 0.25) is 0 Å². The van der Waals surface area contributed by atoms with Gasteiger partial charge in [-0.3, -0.25) is 4.79 Å². The Balaban J connectivity index is 1.75. The number of amides is 1. The predicted octanol–water partition coefficient (Wildman–Crippen LogP) is 2.97. The molecule has 2 aromatic heterocycles. The number of hydrogen-bond acceptors (Lipinski definition) is 4. The van der Waals surface area contributed by atoms with Crippen LogP contribution in [0.15, 0.2) is 41.9 Å². The molecule has 6 heteroatoms. The van der Waals surface area contributed by atoms with Crippen LogP contribution in [0.3, 0.4) is 0 Å². The summed E-state index contributed by atoms with van der Waals surface area (Å²) in [5.74, 6) is -0.0925. The van der Waals surface area contributed by atoms with E-state index < -0.39 is 0 Å². The number of carbonyl (C=O) groups is 1. The summed E-state index contributed by atoms with van der Waals surface area (Å²) in [5, 5.41) is 7.53. The molecule has 0 aliphatic rings. The smallest absolute Gasteiger partial charge is 0.274 e. The van der Waals surface area contributed by atoms with E-state index in [9.17, 15) is 4.79 Å². The molecule has 114 valence electrons. The Labute approximate surface area is 132 Å². The predicted molar refractivity (Wildman–Crippen MR) is 86.9 cm³/mol. The molecule has 3 rings (SSSR count). The van der Waals surface area contributed by atoms with E-state index in [4.69, 9.17) is 4.74 Å². The number of benzene rings is 1. The van der Waals surface area contributed by atoms with Crippen molar-refractivity contribution in [3.63, 3.8) is 0 Å². The standard InChI is InChI=1S/C16H17N3O2S/c1-18(16(20)14-7-8-19(17-14)11-21-2)9-12-10-22-15-6-4-3-5-13(12)15/h3-8,10H,9,11H2,1-2H3. The molecule has 0 unspecified atom stereocenters. The van der Waals surface area contributed by atoms with Crippen LogP contribution in [0.25, 0.3) is 10.1 Å². The van der Waals surface area contributed by atoms with Gasteiger partial charge in [-0.05, 0) is 28.5 Å². The van der Waals surface area contributed by atoms with Gasteiger partial charge in [0.1, 0.15) is 12.4 Å². The fourth-order valence-corrected chi connectivity index (χ4v) is 3.31. The van der Waals surface area contributed by atoms with Gasteiger partial charge in [0.05, 0.1) is 0 Å². The Morgan fingerprint density at radius 2 is 2.18 bits per heavy atom. The van der Waals surface area contributed by atoms with E-state index in [0.29, 0.717) is 19.0 Å². The second-order valence-corrected chi connectivity index (χ2v) is 5.99. The first-order valence-electron chi connectivity index (χ1n) is 6.92. The lowest BCUT2D eigenvalue weighted by Gasteiger charge is -2.15. The highest BCUT2D eigenvalue weighted by atomic mass is 32.1. The molecule has 0 radical (unpaired) electrons. The summed E-state index contributed by atoms with van der Waals surface area (Å²) >= 11 is 1.70. The van der Waals surface area contributed by atoms with Crippen LogP contribution in [0.1, 0.15) is 16.1 Å². The normalized spacial score (nSPS) is 11.0. The van der Waals surface area contributed by atoms with Crippen LogP contribution in [0, 0.1) is 0 Å². The maximum Gasteiger partial charge on any atom is 0.274 e. The number of thiophene rings is 1. The lowest BCUT2D eigenvalue weighted by atomic mass is 10.1. The third kappa shape index (κ3) is 2.88. The average Bonchev–Trinajstić information content (AvgIpc) is 3.15. The molecule has 5 nitrogen and oxygen atoms in total. The zero-order chi connectivity index (χ0) is 15.5. The summed E-state index contributed by atoms with van der Waals surface area (Å²) in [6.45, 7) is 0.909. The van der Waals surface area contributed by atoms with Crippen molar-refractivity contribution in [3.8, 4) is 0 Å². The van der Waals surface area contributed by atoms with Gasteiger partial charge >= 0.3 is 0 Å². The van der Waals surface area contributed by atoms with Crippen molar-refractivity contribution in [1.82, 2.24) is 14.7 Å². The van der Waals surface area contributed by atoms with Gasteiger partial charge in [-0.1, -0.05) is 18.2 Å². The first-order valence-corrected chi connectivity index (χ1v) is 7.80. The Morgan fingerprint density at radius 1 is 1.36 bits per heavy atom. The highest BCUT2D eigenvalue weighted by Gasteiger charge is 2.16. The molecule has 0 fully saturated rings. The topological polar surface area (TPSA) is 47.4 Å². The van der Waals surface area contributed by atoms with Crippen LogP contribution in [-0.2, 0) is 18.0 Å². The SMILES string of the molecule is COCn1ccc(C(=O)N(C)Cc2csc3ccccc23)n1. The van der Waals surface area contributed by atoms with Crippen molar-refractivity contribution in [2.75, 3.05) is 14.2 Å². The highest BCUT2D eigenvalue weighted by Crippen LogP contribution is 2.26. The second kappa shape index (κ2) is 6.29. The molecule has 0 spiro atoms. The molecular formula is C16H17N3O2S. The van der Waals surface area contributed by atoms with Crippen molar-refractivity contribution < 1.29 is 9.53 Å². The molecule has 0 aliphatic carbocycles. The van der Waals surface area contributed by atoms with Gasteiger partial charge < -0.3 is 9.64 Å². The molecule has 0 atom stereocenters. The third-order valence-electron chi connectivity index (χ3n) is 3.44. The van der Waals surface area contributed by atoms with Crippen molar-refractivity contribution in [1.29, 1.82) is 0 Å². The van der Waals surface area contributed by atoms with Gasteiger partial charge in [-0.2, -0.15) is 5.10 Å². The molecule has 0 N–H and O–H groups in total. The fraction of sp³-hybridized carbons (Fsp3) is 0.250. The molecule has 2 heterocycles. The van der Waals surface area contributed by atoms with Gasteiger partial charge in [0, 0.05) is 31.6 Å². The number of ether oxygens (including phenoxy) is 1. The van der Waals surface area contributed by atoms with E-state index >= 15 is 0 Å². The van der Waals surface area contributed by atoms with E-state index in [1.807, 2.05) is 12.1 Å². The molecule has 22 heavy (non-hydrogen) atoms. The van der Waals surface area contributed by atoms with E-state index in [2.05, 4.69) is 22.6 Å². The Hall–Kier alpha value is -2.18. The van der Waals surface area contributed by atoms with Crippen LogP contribution in [0.4, 0.5) is 0 Å². The molecule has 1 amide bonds. The Bertz CT molecular complexity index is 793. The summed E-state index contributed by atoms with van der Waals surface area (Å²) in [6, 6.07) is 9.95. The number of hydrogen-bond donors (Lipinski definition) is 0. The van der Waals surface area contributed by atoms with Crippen molar-refractivity contribution >= 4 is 27.3 Å². The maximum absolute atomic E-state index is 12.4. The number of carbonyl (C=O) groups excluding carboxylic acids is 1. The molecule has 0 bridgehead atoms. The van der Waals surface area contributed by atoms with Crippen LogP contribution >= 0.6 is 11.3 Å². The maximum atomic E-state index is 12.4. The summed E-state index contributed by atoms with van der Waals surface area (Å²) in [6.07, 6.45) is 1.74. The molecule has 0 saturated carbocycles. The van der Waals surface area contributed by atoms with E-state index in [1.165, 1.54) is 10.1 Å². The Kier molecular flexibility index (Phi) is 4.22. The van der Waals surface area contributed by atoms with E-state index in [0.717, 1.165) is 5.56 Å².